The maximum atomic E-state index is 13.7. The molecule has 0 saturated heterocycles. The first kappa shape index (κ1) is 11.1. The zero-order chi connectivity index (χ0) is 12.9. The molecule has 2 aromatic rings. The van der Waals surface area contributed by atoms with Crippen molar-refractivity contribution >= 4 is 16.9 Å². The molecule has 0 radical (unpaired) electrons. The third-order valence-corrected chi connectivity index (χ3v) is 3.07. The van der Waals surface area contributed by atoms with Crippen LogP contribution in [0.15, 0.2) is 18.2 Å². The van der Waals surface area contributed by atoms with E-state index in [4.69, 9.17) is 5.11 Å². The molecule has 1 fully saturated rings. The van der Waals surface area contributed by atoms with Crippen LogP contribution in [0, 0.1) is 11.6 Å². The average Bonchev–Trinajstić information content (AvgIpc) is 3.10. The zero-order valence-corrected chi connectivity index (χ0v) is 9.28. The standard InChI is InChI=1S/C13H9F2NO2/c14-7-3-9(15)12-8(13(17)18)5-10(6-1-2-6)16-11(12)4-7/h3-6H,1-2H2,(H,17,18). The van der Waals surface area contributed by atoms with Gasteiger partial charge in [-0.3, -0.25) is 4.98 Å². The third kappa shape index (κ3) is 1.72. The van der Waals surface area contributed by atoms with Crippen LogP contribution in [0.5, 0.6) is 0 Å². The van der Waals surface area contributed by atoms with Gasteiger partial charge in [-0.15, -0.1) is 0 Å². The van der Waals surface area contributed by atoms with E-state index in [0.29, 0.717) is 11.8 Å². The Labute approximate surface area is 101 Å². The number of nitrogens with zero attached hydrogens (tertiary/aromatic N) is 1. The molecule has 1 saturated carbocycles. The molecule has 0 unspecified atom stereocenters. The van der Waals surface area contributed by atoms with E-state index in [2.05, 4.69) is 4.98 Å². The summed E-state index contributed by atoms with van der Waals surface area (Å²) in [5.41, 5.74) is 0.513. The summed E-state index contributed by atoms with van der Waals surface area (Å²) < 4.78 is 26.8. The summed E-state index contributed by atoms with van der Waals surface area (Å²) in [6.07, 6.45) is 1.88. The number of carboxylic acids is 1. The Morgan fingerprint density at radius 1 is 1.28 bits per heavy atom. The van der Waals surface area contributed by atoms with Crippen LogP contribution in [0.3, 0.4) is 0 Å². The van der Waals surface area contributed by atoms with E-state index in [-0.39, 0.29) is 22.4 Å². The molecule has 0 spiro atoms. The average molecular weight is 249 g/mol. The lowest BCUT2D eigenvalue weighted by atomic mass is 10.1. The SMILES string of the molecule is O=C(O)c1cc(C2CC2)nc2cc(F)cc(F)c12. The number of pyridine rings is 1. The van der Waals surface area contributed by atoms with Crippen LogP contribution < -0.4 is 0 Å². The monoisotopic (exact) mass is 249 g/mol. The fraction of sp³-hybridized carbons (Fsp3) is 0.231. The van der Waals surface area contributed by atoms with Crippen LogP contribution in [0.4, 0.5) is 8.78 Å². The van der Waals surface area contributed by atoms with E-state index < -0.39 is 17.6 Å². The maximum absolute atomic E-state index is 13.7. The van der Waals surface area contributed by atoms with Gasteiger partial charge in [0.2, 0.25) is 0 Å². The van der Waals surface area contributed by atoms with Crippen LogP contribution in [-0.2, 0) is 0 Å². The van der Waals surface area contributed by atoms with Gasteiger partial charge in [0.25, 0.3) is 0 Å². The van der Waals surface area contributed by atoms with Gasteiger partial charge in [0, 0.05) is 23.7 Å². The van der Waals surface area contributed by atoms with Crippen molar-refractivity contribution < 1.29 is 18.7 Å². The van der Waals surface area contributed by atoms with Crippen molar-refractivity contribution in [2.75, 3.05) is 0 Å². The molecule has 18 heavy (non-hydrogen) atoms. The molecule has 0 aliphatic heterocycles. The second-order valence-corrected chi connectivity index (χ2v) is 4.46. The highest BCUT2D eigenvalue weighted by molar-refractivity contribution is 6.02. The molecular weight excluding hydrogens is 240 g/mol. The van der Waals surface area contributed by atoms with Gasteiger partial charge >= 0.3 is 5.97 Å². The smallest absolute Gasteiger partial charge is 0.336 e. The van der Waals surface area contributed by atoms with Crippen molar-refractivity contribution in [3.8, 4) is 0 Å². The Kier molecular flexibility index (Phi) is 2.29. The molecule has 1 N–H and O–H groups in total. The number of hydrogen-bond acceptors (Lipinski definition) is 2. The summed E-state index contributed by atoms with van der Waals surface area (Å²) in [6, 6.07) is 3.13. The first-order chi connectivity index (χ1) is 8.56. The molecule has 0 atom stereocenters. The largest absolute Gasteiger partial charge is 0.478 e. The van der Waals surface area contributed by atoms with Gasteiger partial charge in [-0.25, -0.2) is 13.6 Å². The first-order valence-electron chi connectivity index (χ1n) is 5.59. The molecule has 3 nitrogen and oxygen atoms in total. The van der Waals surface area contributed by atoms with Crippen molar-refractivity contribution in [1.82, 2.24) is 4.98 Å². The third-order valence-electron chi connectivity index (χ3n) is 3.07. The number of carbonyl (C=O) groups is 1. The predicted octanol–water partition coefficient (Wildman–Crippen LogP) is 3.09. The molecule has 1 heterocycles. The summed E-state index contributed by atoms with van der Waals surface area (Å²) in [5.74, 6) is -2.65. The van der Waals surface area contributed by atoms with Crippen LogP contribution in [0.25, 0.3) is 10.9 Å². The lowest BCUT2D eigenvalue weighted by Gasteiger charge is -2.07. The fourth-order valence-corrected chi connectivity index (χ4v) is 2.06. The van der Waals surface area contributed by atoms with Gasteiger partial charge < -0.3 is 5.11 Å². The van der Waals surface area contributed by atoms with Crippen LogP contribution in [0.2, 0.25) is 0 Å². The molecule has 1 aromatic carbocycles. The quantitative estimate of drug-likeness (QED) is 0.889. The summed E-state index contributed by atoms with van der Waals surface area (Å²) >= 11 is 0. The van der Waals surface area contributed by atoms with E-state index in [1.54, 1.807) is 0 Å². The fourth-order valence-electron chi connectivity index (χ4n) is 2.06. The van der Waals surface area contributed by atoms with Gasteiger partial charge in [0.05, 0.1) is 16.5 Å². The molecule has 3 rings (SSSR count). The highest BCUT2D eigenvalue weighted by Gasteiger charge is 2.27. The second-order valence-electron chi connectivity index (χ2n) is 4.46. The van der Waals surface area contributed by atoms with E-state index >= 15 is 0 Å². The summed E-state index contributed by atoms with van der Waals surface area (Å²) in [6.45, 7) is 0. The molecular formula is C13H9F2NO2. The van der Waals surface area contributed by atoms with Gasteiger partial charge in [-0.2, -0.15) is 0 Å². The Morgan fingerprint density at radius 2 is 2.00 bits per heavy atom. The van der Waals surface area contributed by atoms with Crippen LogP contribution >= 0.6 is 0 Å². The molecule has 1 aliphatic carbocycles. The van der Waals surface area contributed by atoms with Crippen LogP contribution in [0.1, 0.15) is 34.8 Å². The van der Waals surface area contributed by atoms with Crippen molar-refractivity contribution in [3.63, 3.8) is 0 Å². The minimum atomic E-state index is -1.23. The number of carboxylic acid groups (broad SMARTS) is 1. The Morgan fingerprint density at radius 3 is 2.61 bits per heavy atom. The number of benzene rings is 1. The number of halogens is 2. The number of hydrogen-bond donors (Lipinski definition) is 1. The lowest BCUT2D eigenvalue weighted by Crippen LogP contribution is -2.03. The molecule has 92 valence electrons. The minimum Gasteiger partial charge on any atom is -0.478 e. The minimum absolute atomic E-state index is 0.0642. The van der Waals surface area contributed by atoms with Crippen molar-refractivity contribution in [1.29, 1.82) is 0 Å². The van der Waals surface area contributed by atoms with Crippen LogP contribution in [-0.4, -0.2) is 16.1 Å². The topological polar surface area (TPSA) is 50.2 Å². The van der Waals surface area contributed by atoms with Gasteiger partial charge in [-0.1, -0.05) is 0 Å². The first-order valence-corrected chi connectivity index (χ1v) is 5.59. The molecule has 1 aliphatic rings. The van der Waals surface area contributed by atoms with Gasteiger partial charge in [0.1, 0.15) is 11.6 Å². The number of fused-ring (bicyclic) bond motifs is 1. The molecule has 0 amide bonds. The van der Waals surface area contributed by atoms with E-state index in [9.17, 15) is 13.6 Å². The molecule has 5 heteroatoms. The second kappa shape index (κ2) is 3.73. The highest BCUT2D eigenvalue weighted by atomic mass is 19.1. The van der Waals surface area contributed by atoms with Crippen molar-refractivity contribution in [3.05, 3.63) is 41.1 Å². The Bertz CT molecular complexity index is 666. The van der Waals surface area contributed by atoms with Crippen molar-refractivity contribution in [2.24, 2.45) is 0 Å². The highest BCUT2D eigenvalue weighted by Crippen LogP contribution is 2.40. The van der Waals surface area contributed by atoms with Crippen molar-refractivity contribution in [2.45, 2.75) is 18.8 Å². The zero-order valence-electron chi connectivity index (χ0n) is 9.28. The summed E-state index contributed by atoms with van der Waals surface area (Å²) in [5, 5.41) is 8.98. The molecule has 0 bridgehead atoms. The predicted molar refractivity (Wildman–Crippen MR) is 60.6 cm³/mol. The Hall–Kier alpha value is -2.04. The van der Waals surface area contributed by atoms with Gasteiger partial charge in [-0.05, 0) is 18.9 Å². The Balaban J connectivity index is 2.37. The summed E-state index contributed by atoms with van der Waals surface area (Å²) in [4.78, 5) is 15.3. The maximum Gasteiger partial charge on any atom is 0.336 e. The van der Waals surface area contributed by atoms with E-state index in [0.717, 1.165) is 18.9 Å². The lowest BCUT2D eigenvalue weighted by molar-refractivity contribution is 0.0698. The molecule has 1 aromatic heterocycles. The van der Waals surface area contributed by atoms with E-state index in [1.165, 1.54) is 6.07 Å². The summed E-state index contributed by atoms with van der Waals surface area (Å²) in [7, 11) is 0. The normalized spacial score (nSPS) is 15.0. The number of aromatic carboxylic acids is 1. The number of rotatable bonds is 2. The van der Waals surface area contributed by atoms with Gasteiger partial charge in [0.15, 0.2) is 0 Å². The number of aromatic nitrogens is 1. The van der Waals surface area contributed by atoms with E-state index in [1.807, 2.05) is 0 Å².